The number of nitrogens with zero attached hydrogens (tertiary/aromatic N) is 6. The molecule has 3 amide bonds. The number of amides is 3. The summed E-state index contributed by atoms with van der Waals surface area (Å²) in [5, 5.41) is 20.5. The number of carbonyl (C=O) groups is 3. The molecule has 2 aromatic carbocycles. The fourth-order valence-corrected chi connectivity index (χ4v) is 6.33. The number of fused-ring (bicyclic) bond motifs is 3. The number of imidazole rings is 1. The van der Waals surface area contributed by atoms with E-state index in [0.29, 0.717) is 54.4 Å². The van der Waals surface area contributed by atoms with Gasteiger partial charge in [0.25, 0.3) is 11.8 Å². The van der Waals surface area contributed by atoms with E-state index in [0.717, 1.165) is 33.4 Å². The smallest absolute Gasteiger partial charge is 0.274 e. The number of halogens is 1. The van der Waals surface area contributed by atoms with Crippen LogP contribution in [0.15, 0.2) is 54.5 Å². The third-order valence-electron chi connectivity index (χ3n) is 8.79. The normalized spacial score (nSPS) is 17.3. The highest BCUT2D eigenvalue weighted by atomic mass is 19.1. The van der Waals surface area contributed by atoms with E-state index < -0.39 is 17.6 Å². The van der Waals surface area contributed by atoms with Crippen LogP contribution in [0.5, 0.6) is 5.75 Å². The lowest BCUT2D eigenvalue weighted by molar-refractivity contribution is -0.125. The SMILES string of the molecule is CCc1cc(O)c(F)cc1-c1ccc2c(-c3nc4c([nH]3)CN(C(=O)c3cnc(N5C=C6C(=O)NC(=O)[C@H]6C5)cn3)CC4)n[nH]c2c1. The molecule has 3 aliphatic heterocycles. The van der Waals surface area contributed by atoms with Gasteiger partial charge in [-0.25, -0.2) is 19.3 Å². The predicted octanol–water partition coefficient (Wildman–Crippen LogP) is 2.99. The van der Waals surface area contributed by atoms with Crippen LogP contribution in [0.1, 0.15) is 34.4 Å². The molecule has 3 aliphatic rings. The van der Waals surface area contributed by atoms with Crippen molar-refractivity contribution in [2.45, 2.75) is 26.3 Å². The number of benzene rings is 2. The second-order valence-electron chi connectivity index (χ2n) is 11.5. The number of aryl methyl sites for hydroxylation is 1. The summed E-state index contributed by atoms with van der Waals surface area (Å²) in [4.78, 5) is 57.4. The van der Waals surface area contributed by atoms with E-state index in [1.807, 2.05) is 25.1 Å². The molecule has 14 heteroatoms. The summed E-state index contributed by atoms with van der Waals surface area (Å²) < 4.78 is 14.2. The van der Waals surface area contributed by atoms with Gasteiger partial charge in [0.1, 0.15) is 11.4 Å². The monoisotopic (exact) mass is 619 g/mol. The van der Waals surface area contributed by atoms with Gasteiger partial charge in [0, 0.05) is 36.7 Å². The van der Waals surface area contributed by atoms with Crippen LogP contribution >= 0.6 is 0 Å². The topological polar surface area (TPSA) is 173 Å². The van der Waals surface area contributed by atoms with Crippen molar-refractivity contribution in [1.82, 2.24) is 40.3 Å². The van der Waals surface area contributed by atoms with Crippen LogP contribution in [0.4, 0.5) is 10.2 Å². The van der Waals surface area contributed by atoms with Crippen LogP contribution in [-0.2, 0) is 29.0 Å². The van der Waals surface area contributed by atoms with Gasteiger partial charge in [0.2, 0.25) is 5.91 Å². The average molecular weight is 620 g/mol. The van der Waals surface area contributed by atoms with Crippen molar-refractivity contribution in [2.24, 2.45) is 5.92 Å². The number of phenolic OH excluding ortho intramolecular Hbond substituents is 1. The Morgan fingerprint density at radius 2 is 2.02 bits per heavy atom. The van der Waals surface area contributed by atoms with Gasteiger partial charge < -0.3 is 19.9 Å². The van der Waals surface area contributed by atoms with E-state index in [1.54, 1.807) is 16.0 Å². The maximum Gasteiger partial charge on any atom is 0.274 e. The number of anilines is 1. The number of nitrogens with one attached hydrogen (secondary N) is 3. The lowest BCUT2D eigenvalue weighted by atomic mass is 9.96. The van der Waals surface area contributed by atoms with Crippen molar-refractivity contribution in [3.05, 3.63) is 83.0 Å². The summed E-state index contributed by atoms with van der Waals surface area (Å²) in [6.07, 6.45) is 5.64. The van der Waals surface area contributed by atoms with Crippen LogP contribution < -0.4 is 10.2 Å². The van der Waals surface area contributed by atoms with E-state index in [4.69, 9.17) is 4.98 Å². The lowest BCUT2D eigenvalue weighted by Gasteiger charge is -2.25. The van der Waals surface area contributed by atoms with Crippen LogP contribution in [0.3, 0.4) is 0 Å². The first-order chi connectivity index (χ1) is 22.3. The first-order valence-electron chi connectivity index (χ1n) is 14.8. The first-order valence-corrected chi connectivity index (χ1v) is 14.8. The third kappa shape index (κ3) is 4.40. The molecule has 0 bridgehead atoms. The summed E-state index contributed by atoms with van der Waals surface area (Å²) in [5.41, 5.74) is 5.95. The number of imide groups is 1. The number of phenols is 1. The predicted molar refractivity (Wildman–Crippen MR) is 163 cm³/mol. The summed E-state index contributed by atoms with van der Waals surface area (Å²) in [7, 11) is 0. The molecule has 230 valence electrons. The Labute approximate surface area is 260 Å². The molecule has 5 aromatic rings. The molecule has 46 heavy (non-hydrogen) atoms. The van der Waals surface area contributed by atoms with Gasteiger partial charge in [-0.05, 0) is 47.4 Å². The highest BCUT2D eigenvalue weighted by molar-refractivity contribution is 6.16. The molecule has 0 spiro atoms. The zero-order chi connectivity index (χ0) is 31.7. The fourth-order valence-electron chi connectivity index (χ4n) is 6.33. The van der Waals surface area contributed by atoms with Crippen molar-refractivity contribution < 1.29 is 23.9 Å². The molecule has 1 fully saturated rings. The lowest BCUT2D eigenvalue weighted by Crippen LogP contribution is -2.36. The average Bonchev–Trinajstić information content (AvgIpc) is 3.85. The summed E-state index contributed by atoms with van der Waals surface area (Å²) in [6, 6.07) is 8.50. The molecule has 4 N–H and O–H groups in total. The maximum absolute atomic E-state index is 14.2. The van der Waals surface area contributed by atoms with E-state index in [2.05, 4.69) is 30.5 Å². The Bertz CT molecular complexity index is 2140. The molecule has 0 saturated carbocycles. The number of rotatable bonds is 5. The van der Waals surface area contributed by atoms with Crippen LogP contribution in [-0.4, -0.2) is 71.0 Å². The minimum absolute atomic E-state index is 0.182. The van der Waals surface area contributed by atoms with Gasteiger partial charge in [-0.2, -0.15) is 5.10 Å². The van der Waals surface area contributed by atoms with E-state index in [-0.39, 0.29) is 29.8 Å². The van der Waals surface area contributed by atoms with Gasteiger partial charge in [-0.15, -0.1) is 0 Å². The van der Waals surface area contributed by atoms with Crippen molar-refractivity contribution in [2.75, 3.05) is 18.0 Å². The summed E-state index contributed by atoms with van der Waals surface area (Å²) >= 11 is 0. The van der Waals surface area contributed by atoms with Crippen molar-refractivity contribution in [3.8, 4) is 28.4 Å². The second-order valence-corrected chi connectivity index (χ2v) is 11.5. The molecule has 6 heterocycles. The Balaban J connectivity index is 0.994. The van der Waals surface area contributed by atoms with Gasteiger partial charge in [0.05, 0.1) is 41.8 Å². The molecule has 0 radical (unpaired) electrons. The standard InChI is InChI=1S/C32H26FN9O4/c1-2-15-8-26(43)21(33)9-18(15)16-3-4-17-23(7-16)39-40-28(17)29-36-22-5-6-41(14-25(22)37-29)32(46)24-10-35-27(11-34-24)42-12-19-20(13-42)31(45)38-30(19)44/h3-4,7-12,20,43H,2,5-6,13-14H2,1H3,(H,36,37)(H,39,40)(H,38,44,45)/t20-/m0/s1. The molecule has 1 atom stereocenters. The Morgan fingerprint density at radius 1 is 1.15 bits per heavy atom. The zero-order valence-corrected chi connectivity index (χ0v) is 24.5. The van der Waals surface area contributed by atoms with Crippen molar-refractivity contribution in [1.29, 1.82) is 0 Å². The van der Waals surface area contributed by atoms with Gasteiger partial charge in [0.15, 0.2) is 23.2 Å². The number of carbonyl (C=O) groups excluding carboxylic acids is 3. The number of aromatic amines is 2. The molecule has 8 rings (SSSR count). The number of H-pyrrole nitrogens is 2. The van der Waals surface area contributed by atoms with E-state index >= 15 is 0 Å². The van der Waals surface area contributed by atoms with E-state index in [1.165, 1.54) is 24.5 Å². The third-order valence-corrected chi connectivity index (χ3v) is 8.79. The Kier molecular flexibility index (Phi) is 6.20. The minimum Gasteiger partial charge on any atom is -0.505 e. The Morgan fingerprint density at radius 3 is 2.80 bits per heavy atom. The molecular formula is C32H26FN9O4. The molecule has 3 aromatic heterocycles. The van der Waals surface area contributed by atoms with Crippen LogP contribution in [0.25, 0.3) is 33.5 Å². The van der Waals surface area contributed by atoms with Crippen molar-refractivity contribution in [3.63, 3.8) is 0 Å². The zero-order valence-electron chi connectivity index (χ0n) is 24.5. The number of hydrogen-bond donors (Lipinski definition) is 4. The summed E-state index contributed by atoms with van der Waals surface area (Å²) in [6.45, 7) is 2.99. The number of hydrogen-bond acceptors (Lipinski definition) is 9. The molecule has 0 unspecified atom stereocenters. The van der Waals surface area contributed by atoms with E-state index in [9.17, 15) is 23.9 Å². The number of aromatic hydroxyl groups is 1. The second kappa shape index (κ2) is 10.3. The first kappa shape index (κ1) is 27.6. The number of aromatic nitrogens is 6. The Hall–Kier alpha value is -5.92. The van der Waals surface area contributed by atoms with Gasteiger partial charge in [-0.3, -0.25) is 24.8 Å². The molecule has 13 nitrogen and oxygen atoms in total. The summed E-state index contributed by atoms with van der Waals surface area (Å²) in [5.74, 6) is -1.55. The maximum atomic E-state index is 14.2. The highest BCUT2D eigenvalue weighted by Gasteiger charge is 2.42. The quantitative estimate of drug-likeness (QED) is 0.216. The molecular weight excluding hydrogens is 593 g/mol. The minimum atomic E-state index is -0.674. The molecule has 0 aliphatic carbocycles. The van der Waals surface area contributed by atoms with Gasteiger partial charge >= 0.3 is 0 Å². The fraction of sp³-hybridized carbons (Fsp3) is 0.219. The largest absolute Gasteiger partial charge is 0.505 e. The molecule has 1 saturated heterocycles. The van der Waals surface area contributed by atoms with Crippen molar-refractivity contribution >= 4 is 34.4 Å². The van der Waals surface area contributed by atoms with Gasteiger partial charge in [-0.1, -0.05) is 13.0 Å². The van der Waals surface area contributed by atoms with Crippen LogP contribution in [0, 0.1) is 11.7 Å². The van der Waals surface area contributed by atoms with Crippen LogP contribution in [0.2, 0.25) is 0 Å². The highest BCUT2D eigenvalue weighted by Crippen LogP contribution is 2.34.